The van der Waals surface area contributed by atoms with Crippen molar-refractivity contribution in [3.63, 3.8) is 0 Å². The standard InChI is InChI=1S/C14H24N4S/c1-9(2)18-7-11-5-4-6-12(8-18)13(11)15-14-17-16-10(3)19-14/h9,11-13H,4-8H2,1-3H3,(H,15,17). The molecular weight excluding hydrogens is 256 g/mol. The molecule has 0 spiro atoms. The van der Waals surface area contributed by atoms with Crippen molar-refractivity contribution in [1.82, 2.24) is 15.1 Å². The van der Waals surface area contributed by atoms with E-state index < -0.39 is 0 Å². The lowest BCUT2D eigenvalue weighted by atomic mass is 9.73. The number of nitrogens with zero attached hydrogens (tertiary/aromatic N) is 3. The van der Waals surface area contributed by atoms with Crippen LogP contribution in [0, 0.1) is 18.8 Å². The Morgan fingerprint density at radius 2 is 1.89 bits per heavy atom. The van der Waals surface area contributed by atoms with Crippen LogP contribution in [0.1, 0.15) is 38.1 Å². The first kappa shape index (κ1) is 13.3. The van der Waals surface area contributed by atoms with Crippen LogP contribution in [0.25, 0.3) is 0 Å². The lowest BCUT2D eigenvalue weighted by Crippen LogP contribution is -2.56. The van der Waals surface area contributed by atoms with E-state index in [0.29, 0.717) is 12.1 Å². The van der Waals surface area contributed by atoms with Crippen LogP contribution in [0.15, 0.2) is 0 Å². The molecule has 3 rings (SSSR count). The van der Waals surface area contributed by atoms with Crippen molar-refractivity contribution < 1.29 is 0 Å². The Hall–Kier alpha value is -0.680. The molecule has 1 aromatic rings. The summed E-state index contributed by atoms with van der Waals surface area (Å²) >= 11 is 1.68. The van der Waals surface area contributed by atoms with E-state index in [2.05, 4.69) is 34.3 Å². The van der Waals surface area contributed by atoms with Gasteiger partial charge in [0.2, 0.25) is 5.13 Å². The van der Waals surface area contributed by atoms with Crippen molar-refractivity contribution in [1.29, 1.82) is 0 Å². The van der Waals surface area contributed by atoms with Gasteiger partial charge < -0.3 is 10.2 Å². The van der Waals surface area contributed by atoms with Crippen LogP contribution in [0.5, 0.6) is 0 Å². The number of hydrogen-bond donors (Lipinski definition) is 1. The Morgan fingerprint density at radius 1 is 1.21 bits per heavy atom. The topological polar surface area (TPSA) is 41.1 Å². The number of aromatic nitrogens is 2. The highest BCUT2D eigenvalue weighted by Gasteiger charge is 2.40. The van der Waals surface area contributed by atoms with Crippen molar-refractivity contribution in [2.45, 2.75) is 52.1 Å². The summed E-state index contributed by atoms with van der Waals surface area (Å²) in [7, 11) is 0. The first-order valence-electron chi connectivity index (χ1n) is 7.44. The van der Waals surface area contributed by atoms with E-state index in [0.717, 1.165) is 22.0 Å². The maximum absolute atomic E-state index is 4.24. The average Bonchev–Trinajstić information content (AvgIpc) is 2.74. The third-order valence-electron chi connectivity index (χ3n) is 4.65. The Kier molecular flexibility index (Phi) is 3.76. The van der Waals surface area contributed by atoms with E-state index in [-0.39, 0.29) is 0 Å². The van der Waals surface area contributed by atoms with Gasteiger partial charge in [-0.1, -0.05) is 17.8 Å². The van der Waals surface area contributed by atoms with E-state index in [4.69, 9.17) is 0 Å². The predicted molar refractivity (Wildman–Crippen MR) is 79.6 cm³/mol. The Bertz CT molecular complexity index is 417. The maximum Gasteiger partial charge on any atom is 0.205 e. The molecule has 2 bridgehead atoms. The molecule has 0 aromatic carbocycles. The number of fused-ring (bicyclic) bond motifs is 2. The third-order valence-corrected chi connectivity index (χ3v) is 5.42. The fraction of sp³-hybridized carbons (Fsp3) is 0.857. The molecule has 1 saturated carbocycles. The lowest BCUT2D eigenvalue weighted by Gasteiger charge is -2.48. The summed E-state index contributed by atoms with van der Waals surface area (Å²) in [4.78, 5) is 2.65. The summed E-state index contributed by atoms with van der Waals surface area (Å²) in [6, 6.07) is 1.28. The quantitative estimate of drug-likeness (QED) is 0.924. The Labute approximate surface area is 119 Å². The maximum atomic E-state index is 4.24. The monoisotopic (exact) mass is 280 g/mol. The minimum atomic E-state index is 0.608. The zero-order valence-electron chi connectivity index (χ0n) is 12.1. The van der Waals surface area contributed by atoms with E-state index in [1.807, 2.05) is 6.92 Å². The second-order valence-corrected chi connectivity index (χ2v) is 7.48. The minimum absolute atomic E-state index is 0.608. The molecule has 1 aliphatic heterocycles. The minimum Gasteiger partial charge on any atom is -0.357 e. The normalized spacial score (nSPS) is 31.7. The van der Waals surface area contributed by atoms with Gasteiger partial charge in [-0.25, -0.2) is 0 Å². The summed E-state index contributed by atoms with van der Waals surface area (Å²) in [5.41, 5.74) is 0. The van der Waals surface area contributed by atoms with Crippen LogP contribution in [0.4, 0.5) is 5.13 Å². The second-order valence-electron chi connectivity index (χ2n) is 6.30. The highest BCUT2D eigenvalue weighted by atomic mass is 32.1. The van der Waals surface area contributed by atoms with E-state index >= 15 is 0 Å². The van der Waals surface area contributed by atoms with Crippen LogP contribution >= 0.6 is 11.3 Å². The summed E-state index contributed by atoms with van der Waals surface area (Å²) in [6.07, 6.45) is 4.11. The van der Waals surface area contributed by atoms with E-state index in [1.165, 1.54) is 32.4 Å². The fourth-order valence-electron chi connectivity index (χ4n) is 3.63. The summed E-state index contributed by atoms with van der Waals surface area (Å²) in [5.74, 6) is 1.55. The fourth-order valence-corrected chi connectivity index (χ4v) is 4.27. The second kappa shape index (κ2) is 5.37. The van der Waals surface area contributed by atoms with Crippen molar-refractivity contribution in [2.24, 2.45) is 11.8 Å². The van der Waals surface area contributed by atoms with Gasteiger partial charge in [-0.05, 0) is 45.4 Å². The van der Waals surface area contributed by atoms with Gasteiger partial charge in [-0.15, -0.1) is 10.2 Å². The molecule has 19 heavy (non-hydrogen) atoms. The Morgan fingerprint density at radius 3 is 2.42 bits per heavy atom. The Balaban J connectivity index is 1.72. The number of anilines is 1. The van der Waals surface area contributed by atoms with Crippen LogP contribution < -0.4 is 5.32 Å². The molecule has 2 fully saturated rings. The molecular formula is C14H24N4S. The van der Waals surface area contributed by atoms with Gasteiger partial charge in [0.1, 0.15) is 5.01 Å². The number of rotatable bonds is 3. The number of hydrogen-bond acceptors (Lipinski definition) is 5. The number of nitrogens with one attached hydrogen (secondary N) is 1. The lowest BCUT2D eigenvalue weighted by molar-refractivity contribution is 0.0518. The van der Waals surface area contributed by atoms with E-state index in [1.54, 1.807) is 11.3 Å². The molecule has 4 nitrogen and oxygen atoms in total. The van der Waals surface area contributed by atoms with Crippen molar-refractivity contribution in [3.8, 4) is 0 Å². The summed E-state index contributed by atoms with van der Waals surface area (Å²) < 4.78 is 0. The van der Waals surface area contributed by atoms with Gasteiger partial charge in [0.25, 0.3) is 0 Å². The van der Waals surface area contributed by atoms with Gasteiger partial charge in [-0.3, -0.25) is 0 Å². The average molecular weight is 280 g/mol. The van der Waals surface area contributed by atoms with E-state index in [9.17, 15) is 0 Å². The van der Waals surface area contributed by atoms with Gasteiger partial charge in [-0.2, -0.15) is 0 Å². The van der Waals surface area contributed by atoms with Gasteiger partial charge >= 0.3 is 0 Å². The third kappa shape index (κ3) is 2.77. The zero-order valence-corrected chi connectivity index (χ0v) is 12.9. The van der Waals surface area contributed by atoms with Crippen LogP contribution in [0.2, 0.25) is 0 Å². The largest absolute Gasteiger partial charge is 0.357 e. The number of likely N-dealkylation sites (tertiary alicyclic amines) is 1. The first-order chi connectivity index (χ1) is 9.13. The smallest absolute Gasteiger partial charge is 0.205 e. The molecule has 0 radical (unpaired) electrons. The summed E-state index contributed by atoms with van der Waals surface area (Å²) in [5, 5.41) is 14.1. The molecule has 1 saturated heterocycles. The van der Waals surface area contributed by atoms with Gasteiger partial charge in [0.05, 0.1) is 0 Å². The highest BCUT2D eigenvalue weighted by molar-refractivity contribution is 7.15. The van der Waals surface area contributed by atoms with Crippen molar-refractivity contribution in [3.05, 3.63) is 5.01 Å². The van der Waals surface area contributed by atoms with Crippen LogP contribution in [-0.2, 0) is 0 Å². The van der Waals surface area contributed by atoms with Crippen molar-refractivity contribution in [2.75, 3.05) is 18.4 Å². The molecule has 2 unspecified atom stereocenters. The predicted octanol–water partition coefficient (Wildman–Crippen LogP) is 2.77. The first-order valence-corrected chi connectivity index (χ1v) is 8.26. The van der Waals surface area contributed by atoms with Crippen LogP contribution in [-0.4, -0.2) is 40.3 Å². The SMILES string of the molecule is Cc1nnc(NC2C3CCCC2CN(C(C)C)C3)s1. The van der Waals surface area contributed by atoms with Gasteiger partial charge in [0, 0.05) is 25.2 Å². The molecule has 2 aliphatic rings. The van der Waals surface area contributed by atoms with Crippen molar-refractivity contribution >= 4 is 16.5 Å². The molecule has 1 aliphatic carbocycles. The zero-order chi connectivity index (χ0) is 13.4. The van der Waals surface area contributed by atoms with Crippen LogP contribution in [0.3, 0.4) is 0 Å². The molecule has 1 aromatic heterocycles. The molecule has 106 valence electrons. The number of piperidine rings is 1. The molecule has 5 heteroatoms. The highest BCUT2D eigenvalue weighted by Crippen LogP contribution is 2.37. The van der Waals surface area contributed by atoms with Gasteiger partial charge in [0.15, 0.2) is 0 Å². The number of aryl methyl sites for hydroxylation is 1. The molecule has 2 atom stereocenters. The molecule has 2 heterocycles. The molecule has 1 N–H and O–H groups in total. The summed E-state index contributed by atoms with van der Waals surface area (Å²) in [6.45, 7) is 9.13. The molecule has 0 amide bonds.